The summed E-state index contributed by atoms with van der Waals surface area (Å²) >= 11 is 1.61. The summed E-state index contributed by atoms with van der Waals surface area (Å²) in [6.07, 6.45) is 6.04. The molecule has 0 saturated heterocycles. The summed E-state index contributed by atoms with van der Waals surface area (Å²) in [7, 11) is 0. The van der Waals surface area contributed by atoms with Crippen LogP contribution >= 0.6 is 11.8 Å². The summed E-state index contributed by atoms with van der Waals surface area (Å²) in [4.78, 5) is 13.4. The monoisotopic (exact) mass is 292 g/mol. The van der Waals surface area contributed by atoms with Crippen LogP contribution in [0.4, 0.5) is 5.69 Å². The number of nitrogens with one attached hydrogen (secondary N) is 1. The first-order valence-electron chi connectivity index (χ1n) is 7.39. The lowest BCUT2D eigenvalue weighted by Gasteiger charge is -2.24. The molecule has 110 valence electrons. The molecule has 1 aromatic rings. The van der Waals surface area contributed by atoms with E-state index in [-0.39, 0.29) is 11.2 Å². The van der Waals surface area contributed by atoms with Crippen LogP contribution in [-0.4, -0.2) is 17.2 Å². The molecule has 0 heterocycles. The zero-order valence-corrected chi connectivity index (χ0v) is 13.1. The van der Waals surface area contributed by atoms with E-state index in [9.17, 15) is 4.79 Å². The largest absolute Gasteiger partial charge is 0.399 e. The van der Waals surface area contributed by atoms with E-state index in [2.05, 4.69) is 5.32 Å². The maximum Gasteiger partial charge on any atom is 0.233 e. The summed E-state index contributed by atoms with van der Waals surface area (Å²) in [5.41, 5.74) is 7.65. The third kappa shape index (κ3) is 4.17. The fourth-order valence-electron chi connectivity index (χ4n) is 2.61. The normalized spacial score (nSPS) is 17.7. The molecule has 1 fully saturated rings. The maximum atomic E-state index is 12.2. The predicted molar refractivity (Wildman–Crippen MR) is 85.9 cm³/mol. The number of nitrogen functional groups attached to an aromatic ring is 1. The van der Waals surface area contributed by atoms with Crippen molar-refractivity contribution in [1.29, 1.82) is 0 Å². The van der Waals surface area contributed by atoms with Crippen LogP contribution in [0.2, 0.25) is 0 Å². The van der Waals surface area contributed by atoms with Crippen LogP contribution in [0.5, 0.6) is 0 Å². The van der Waals surface area contributed by atoms with Gasteiger partial charge in [0.2, 0.25) is 5.91 Å². The van der Waals surface area contributed by atoms with Crippen molar-refractivity contribution < 1.29 is 4.79 Å². The van der Waals surface area contributed by atoms with E-state index in [0.29, 0.717) is 6.04 Å². The molecule has 1 amide bonds. The van der Waals surface area contributed by atoms with Crippen molar-refractivity contribution in [3.05, 3.63) is 23.8 Å². The number of hydrogen-bond donors (Lipinski definition) is 2. The molecule has 0 bridgehead atoms. The summed E-state index contributed by atoms with van der Waals surface area (Å²) in [5, 5.41) is 3.12. The second-order valence-corrected chi connectivity index (χ2v) is 7.01. The van der Waals surface area contributed by atoms with Gasteiger partial charge in [-0.15, -0.1) is 11.8 Å². The Bertz CT molecular complexity index is 470. The molecule has 1 atom stereocenters. The van der Waals surface area contributed by atoms with Gasteiger partial charge in [0, 0.05) is 16.6 Å². The van der Waals surface area contributed by atoms with Gasteiger partial charge in [-0.25, -0.2) is 0 Å². The minimum absolute atomic E-state index is 0.0701. The van der Waals surface area contributed by atoms with E-state index in [1.165, 1.54) is 19.3 Å². The fourth-order valence-corrected chi connectivity index (χ4v) is 3.56. The van der Waals surface area contributed by atoms with E-state index in [0.717, 1.165) is 29.0 Å². The number of amides is 1. The van der Waals surface area contributed by atoms with Crippen LogP contribution < -0.4 is 11.1 Å². The number of thioether (sulfide) groups is 1. The zero-order valence-electron chi connectivity index (χ0n) is 12.3. The van der Waals surface area contributed by atoms with Gasteiger partial charge in [-0.1, -0.05) is 19.3 Å². The van der Waals surface area contributed by atoms with Crippen molar-refractivity contribution in [2.75, 3.05) is 5.73 Å². The Hall–Kier alpha value is -1.16. The van der Waals surface area contributed by atoms with Crippen molar-refractivity contribution in [2.45, 2.75) is 62.1 Å². The van der Waals surface area contributed by atoms with E-state index >= 15 is 0 Å². The number of hydrogen-bond acceptors (Lipinski definition) is 3. The number of carbonyl (C=O) groups excluding carboxylic acids is 1. The Morgan fingerprint density at radius 3 is 2.70 bits per heavy atom. The molecule has 0 aromatic heterocycles. The highest BCUT2D eigenvalue weighted by Crippen LogP contribution is 2.28. The van der Waals surface area contributed by atoms with E-state index < -0.39 is 0 Å². The molecule has 0 radical (unpaired) electrons. The van der Waals surface area contributed by atoms with E-state index in [1.807, 2.05) is 32.0 Å². The van der Waals surface area contributed by atoms with Crippen LogP contribution in [0.15, 0.2) is 23.1 Å². The van der Waals surface area contributed by atoms with Gasteiger partial charge >= 0.3 is 0 Å². The van der Waals surface area contributed by atoms with Gasteiger partial charge in [-0.2, -0.15) is 0 Å². The Morgan fingerprint density at radius 1 is 1.35 bits per heavy atom. The van der Waals surface area contributed by atoms with Crippen molar-refractivity contribution in [3.8, 4) is 0 Å². The second-order valence-electron chi connectivity index (χ2n) is 5.63. The third-order valence-electron chi connectivity index (χ3n) is 3.82. The van der Waals surface area contributed by atoms with Gasteiger partial charge in [0.25, 0.3) is 0 Å². The molecule has 1 aliphatic rings. The van der Waals surface area contributed by atoms with E-state index in [4.69, 9.17) is 5.73 Å². The van der Waals surface area contributed by atoms with Gasteiger partial charge in [-0.3, -0.25) is 4.79 Å². The lowest BCUT2D eigenvalue weighted by atomic mass is 9.95. The van der Waals surface area contributed by atoms with Gasteiger partial charge in [0.15, 0.2) is 0 Å². The van der Waals surface area contributed by atoms with Crippen LogP contribution in [0, 0.1) is 6.92 Å². The molecule has 0 spiro atoms. The highest BCUT2D eigenvalue weighted by molar-refractivity contribution is 8.00. The molecule has 1 aromatic carbocycles. The summed E-state index contributed by atoms with van der Waals surface area (Å²) in [6, 6.07) is 6.22. The van der Waals surface area contributed by atoms with Gasteiger partial charge < -0.3 is 11.1 Å². The number of carbonyl (C=O) groups is 1. The number of anilines is 1. The average molecular weight is 292 g/mol. The highest BCUT2D eigenvalue weighted by Gasteiger charge is 2.20. The molecule has 1 saturated carbocycles. The highest BCUT2D eigenvalue weighted by atomic mass is 32.2. The Kier molecular flexibility index (Phi) is 5.35. The number of rotatable bonds is 4. The average Bonchev–Trinajstić information content (AvgIpc) is 2.43. The first kappa shape index (κ1) is 15.2. The van der Waals surface area contributed by atoms with Crippen molar-refractivity contribution in [3.63, 3.8) is 0 Å². The Labute approximate surface area is 125 Å². The Balaban J connectivity index is 1.89. The number of benzene rings is 1. The topological polar surface area (TPSA) is 55.1 Å². The standard InChI is InChI=1S/C16H24N2OS/c1-11-10-13(17)8-9-15(11)20-12(2)16(19)18-14-6-4-3-5-7-14/h8-10,12,14H,3-7,17H2,1-2H3,(H,18,19). The molecule has 1 unspecified atom stereocenters. The van der Waals surface area contributed by atoms with Crippen LogP contribution in [0.3, 0.4) is 0 Å². The first-order chi connectivity index (χ1) is 9.56. The SMILES string of the molecule is Cc1cc(N)ccc1SC(C)C(=O)NC1CCCCC1. The molecule has 0 aliphatic heterocycles. The fraction of sp³-hybridized carbons (Fsp3) is 0.562. The minimum Gasteiger partial charge on any atom is -0.399 e. The molecule has 2 rings (SSSR count). The molecular weight excluding hydrogens is 268 g/mol. The zero-order chi connectivity index (χ0) is 14.5. The van der Waals surface area contributed by atoms with Crippen LogP contribution in [0.25, 0.3) is 0 Å². The van der Waals surface area contributed by atoms with Crippen LogP contribution in [-0.2, 0) is 4.79 Å². The molecule has 20 heavy (non-hydrogen) atoms. The number of nitrogens with two attached hydrogens (primary N) is 1. The van der Waals surface area contributed by atoms with Crippen LogP contribution in [0.1, 0.15) is 44.6 Å². The quantitative estimate of drug-likeness (QED) is 0.659. The molecule has 1 aliphatic carbocycles. The number of aryl methyl sites for hydroxylation is 1. The molecular formula is C16H24N2OS. The summed E-state index contributed by atoms with van der Waals surface area (Å²) in [5.74, 6) is 0.151. The lowest BCUT2D eigenvalue weighted by molar-refractivity contribution is -0.121. The van der Waals surface area contributed by atoms with Crippen molar-refractivity contribution in [2.24, 2.45) is 0 Å². The molecule has 3 N–H and O–H groups in total. The van der Waals surface area contributed by atoms with Crippen molar-refractivity contribution in [1.82, 2.24) is 5.32 Å². The minimum atomic E-state index is -0.0701. The summed E-state index contributed by atoms with van der Waals surface area (Å²) < 4.78 is 0. The lowest BCUT2D eigenvalue weighted by Crippen LogP contribution is -2.40. The summed E-state index contributed by atoms with van der Waals surface area (Å²) in [6.45, 7) is 4.00. The smallest absolute Gasteiger partial charge is 0.233 e. The van der Waals surface area contributed by atoms with Gasteiger partial charge in [-0.05, 0) is 50.5 Å². The second kappa shape index (κ2) is 7.02. The van der Waals surface area contributed by atoms with E-state index in [1.54, 1.807) is 11.8 Å². The molecule has 4 heteroatoms. The maximum absolute atomic E-state index is 12.2. The third-order valence-corrected chi connectivity index (χ3v) is 5.10. The Morgan fingerprint density at radius 2 is 2.05 bits per heavy atom. The van der Waals surface area contributed by atoms with Gasteiger partial charge in [0.1, 0.15) is 0 Å². The van der Waals surface area contributed by atoms with Crippen molar-refractivity contribution >= 4 is 23.4 Å². The molecule has 3 nitrogen and oxygen atoms in total. The van der Waals surface area contributed by atoms with Gasteiger partial charge in [0.05, 0.1) is 5.25 Å². The first-order valence-corrected chi connectivity index (χ1v) is 8.27. The predicted octanol–water partition coefficient (Wildman–Crippen LogP) is 3.51.